The number of benzene rings is 1. The molecule has 2 unspecified atom stereocenters. The van der Waals surface area contributed by atoms with Gasteiger partial charge in [0.2, 0.25) is 0 Å². The monoisotopic (exact) mass is 307 g/mol. The summed E-state index contributed by atoms with van der Waals surface area (Å²) in [6.45, 7) is 5.39. The summed E-state index contributed by atoms with van der Waals surface area (Å²) in [6.07, 6.45) is 6.75. The van der Waals surface area contributed by atoms with Gasteiger partial charge in [0.05, 0.1) is 5.60 Å². The van der Waals surface area contributed by atoms with Crippen molar-refractivity contribution < 1.29 is 4.74 Å². The molecule has 21 heavy (non-hydrogen) atoms. The molecule has 0 spiro atoms. The lowest BCUT2D eigenvalue weighted by molar-refractivity contribution is -0.0939. The molecule has 0 aromatic heterocycles. The molecule has 1 saturated heterocycles. The number of hydrogen-bond donors (Lipinski definition) is 1. The van der Waals surface area contributed by atoms with Gasteiger partial charge < -0.3 is 10.1 Å². The van der Waals surface area contributed by atoms with E-state index in [2.05, 4.69) is 31.3 Å². The Morgan fingerprint density at radius 2 is 1.95 bits per heavy atom. The first kappa shape index (κ1) is 15.3. The Labute approximate surface area is 133 Å². The van der Waals surface area contributed by atoms with Crippen LogP contribution in [0.4, 0.5) is 0 Å². The second-order valence-electron chi connectivity index (χ2n) is 6.61. The Morgan fingerprint density at radius 3 is 2.71 bits per heavy atom. The van der Waals surface area contributed by atoms with E-state index in [1.54, 1.807) is 0 Å². The van der Waals surface area contributed by atoms with E-state index in [4.69, 9.17) is 16.3 Å². The number of halogens is 1. The smallest absolute Gasteiger partial charge is 0.0692 e. The lowest BCUT2D eigenvalue weighted by Gasteiger charge is -2.41. The fourth-order valence-corrected chi connectivity index (χ4v) is 4.15. The summed E-state index contributed by atoms with van der Waals surface area (Å²) in [7, 11) is 0. The van der Waals surface area contributed by atoms with Gasteiger partial charge in [0, 0.05) is 23.7 Å². The van der Waals surface area contributed by atoms with Crippen LogP contribution in [0.15, 0.2) is 18.2 Å². The number of nitrogens with one attached hydrogen (secondary N) is 1. The average Bonchev–Trinajstić information content (AvgIpc) is 2.88. The van der Waals surface area contributed by atoms with Crippen LogP contribution in [-0.4, -0.2) is 24.3 Å². The molecule has 0 saturated carbocycles. The van der Waals surface area contributed by atoms with Crippen LogP contribution in [0, 0.1) is 0 Å². The third-order valence-corrected chi connectivity index (χ3v) is 5.59. The third-order valence-electron chi connectivity index (χ3n) is 5.35. The van der Waals surface area contributed by atoms with E-state index >= 15 is 0 Å². The van der Waals surface area contributed by atoms with E-state index in [0.29, 0.717) is 12.1 Å². The highest BCUT2D eigenvalue weighted by Crippen LogP contribution is 2.32. The molecule has 1 fully saturated rings. The van der Waals surface area contributed by atoms with Crippen LogP contribution in [0.1, 0.15) is 50.7 Å². The van der Waals surface area contributed by atoms with Crippen molar-refractivity contribution in [3.05, 3.63) is 34.3 Å². The zero-order chi connectivity index (χ0) is 14.9. The lowest BCUT2D eigenvalue weighted by atomic mass is 9.85. The van der Waals surface area contributed by atoms with E-state index in [0.717, 1.165) is 50.2 Å². The normalized spacial score (nSPS) is 27.6. The Balaban J connectivity index is 1.61. The van der Waals surface area contributed by atoms with Gasteiger partial charge in [-0.25, -0.2) is 0 Å². The van der Waals surface area contributed by atoms with Crippen LogP contribution < -0.4 is 5.32 Å². The van der Waals surface area contributed by atoms with Crippen LogP contribution >= 0.6 is 11.6 Å². The number of fused-ring (bicyclic) bond motifs is 1. The first-order chi connectivity index (χ1) is 10.1. The molecular weight excluding hydrogens is 282 g/mol. The van der Waals surface area contributed by atoms with Gasteiger partial charge in [-0.2, -0.15) is 0 Å². The molecule has 1 aromatic rings. The third kappa shape index (κ3) is 3.28. The molecule has 1 N–H and O–H groups in total. The number of hydrogen-bond acceptors (Lipinski definition) is 2. The van der Waals surface area contributed by atoms with E-state index in [1.807, 2.05) is 6.07 Å². The van der Waals surface area contributed by atoms with Gasteiger partial charge in [0.25, 0.3) is 0 Å². The highest BCUT2D eigenvalue weighted by Gasteiger charge is 2.35. The Bertz CT molecular complexity index is 498. The lowest BCUT2D eigenvalue weighted by Crippen LogP contribution is -2.49. The van der Waals surface area contributed by atoms with Crippen molar-refractivity contribution in [2.75, 3.05) is 6.61 Å². The SMILES string of the molecule is CCC1(CC)CC(NC2Cc3ccc(Cl)cc3C2)CCO1. The second-order valence-corrected chi connectivity index (χ2v) is 7.05. The quantitative estimate of drug-likeness (QED) is 0.903. The highest BCUT2D eigenvalue weighted by molar-refractivity contribution is 6.30. The molecule has 3 rings (SSSR count). The van der Waals surface area contributed by atoms with Gasteiger partial charge >= 0.3 is 0 Å². The molecule has 3 heteroatoms. The topological polar surface area (TPSA) is 21.3 Å². The predicted molar refractivity (Wildman–Crippen MR) is 88.1 cm³/mol. The van der Waals surface area contributed by atoms with Crippen LogP contribution in [0.3, 0.4) is 0 Å². The highest BCUT2D eigenvalue weighted by atomic mass is 35.5. The molecular formula is C18H26ClNO. The van der Waals surface area contributed by atoms with Crippen LogP contribution in [0.2, 0.25) is 5.02 Å². The van der Waals surface area contributed by atoms with Crippen LogP contribution in [-0.2, 0) is 17.6 Å². The van der Waals surface area contributed by atoms with Crippen molar-refractivity contribution in [3.8, 4) is 0 Å². The Hall–Kier alpha value is -0.570. The maximum atomic E-state index is 6.10. The van der Waals surface area contributed by atoms with Crippen molar-refractivity contribution in [1.82, 2.24) is 5.32 Å². The van der Waals surface area contributed by atoms with Crippen molar-refractivity contribution in [2.45, 2.75) is 70.1 Å². The zero-order valence-electron chi connectivity index (χ0n) is 13.1. The summed E-state index contributed by atoms with van der Waals surface area (Å²) >= 11 is 6.10. The molecule has 1 aliphatic heterocycles. The summed E-state index contributed by atoms with van der Waals surface area (Å²) in [5.74, 6) is 0. The summed E-state index contributed by atoms with van der Waals surface area (Å²) in [5, 5.41) is 4.74. The molecule has 0 amide bonds. The molecule has 116 valence electrons. The molecule has 2 atom stereocenters. The van der Waals surface area contributed by atoms with E-state index in [1.165, 1.54) is 11.1 Å². The molecule has 1 aromatic carbocycles. The fourth-order valence-electron chi connectivity index (χ4n) is 3.95. The maximum absolute atomic E-state index is 6.10. The van der Waals surface area contributed by atoms with Gasteiger partial charge in [0.1, 0.15) is 0 Å². The molecule has 0 radical (unpaired) electrons. The second kappa shape index (κ2) is 6.28. The average molecular weight is 308 g/mol. The minimum atomic E-state index is 0.102. The van der Waals surface area contributed by atoms with Crippen molar-refractivity contribution >= 4 is 11.6 Å². The van der Waals surface area contributed by atoms with E-state index < -0.39 is 0 Å². The van der Waals surface area contributed by atoms with Gasteiger partial charge in [-0.05, 0) is 61.8 Å². The van der Waals surface area contributed by atoms with E-state index in [9.17, 15) is 0 Å². The van der Waals surface area contributed by atoms with Gasteiger partial charge in [0.15, 0.2) is 0 Å². The minimum Gasteiger partial charge on any atom is -0.375 e. The first-order valence-electron chi connectivity index (χ1n) is 8.31. The van der Waals surface area contributed by atoms with Crippen LogP contribution in [0.5, 0.6) is 0 Å². The van der Waals surface area contributed by atoms with Crippen molar-refractivity contribution in [3.63, 3.8) is 0 Å². The molecule has 2 nitrogen and oxygen atoms in total. The summed E-state index contributed by atoms with van der Waals surface area (Å²) < 4.78 is 6.08. The summed E-state index contributed by atoms with van der Waals surface area (Å²) in [6, 6.07) is 7.48. The van der Waals surface area contributed by atoms with Crippen molar-refractivity contribution in [1.29, 1.82) is 0 Å². The Kier molecular flexibility index (Phi) is 4.58. The number of ether oxygens (including phenoxy) is 1. The van der Waals surface area contributed by atoms with Gasteiger partial charge in [-0.15, -0.1) is 0 Å². The summed E-state index contributed by atoms with van der Waals surface area (Å²) in [4.78, 5) is 0. The van der Waals surface area contributed by atoms with Crippen LogP contribution in [0.25, 0.3) is 0 Å². The molecule has 0 bridgehead atoms. The Morgan fingerprint density at radius 1 is 1.19 bits per heavy atom. The summed E-state index contributed by atoms with van der Waals surface area (Å²) in [5.41, 5.74) is 2.98. The van der Waals surface area contributed by atoms with Gasteiger partial charge in [-0.1, -0.05) is 31.5 Å². The van der Waals surface area contributed by atoms with Gasteiger partial charge in [-0.3, -0.25) is 0 Å². The minimum absolute atomic E-state index is 0.102. The standard InChI is InChI=1S/C18H26ClNO/c1-3-18(4-2)12-16(7-8-21-18)20-17-10-13-5-6-15(19)9-14(13)11-17/h5-6,9,16-17,20H,3-4,7-8,10-12H2,1-2H3. The van der Waals surface area contributed by atoms with E-state index in [-0.39, 0.29) is 5.60 Å². The first-order valence-corrected chi connectivity index (χ1v) is 8.69. The molecule has 1 heterocycles. The number of rotatable bonds is 4. The largest absolute Gasteiger partial charge is 0.375 e. The zero-order valence-corrected chi connectivity index (χ0v) is 13.9. The maximum Gasteiger partial charge on any atom is 0.0692 e. The van der Waals surface area contributed by atoms with Crippen molar-refractivity contribution in [2.24, 2.45) is 0 Å². The fraction of sp³-hybridized carbons (Fsp3) is 0.667. The molecule has 1 aliphatic carbocycles. The molecule has 2 aliphatic rings. The predicted octanol–water partition coefficient (Wildman–Crippen LogP) is 4.13.